The number of amides is 1. The highest BCUT2D eigenvalue weighted by molar-refractivity contribution is 8.01. The minimum Gasteiger partial charge on any atom is -0.353 e. The molecule has 3 rings (SSSR count). The van der Waals surface area contributed by atoms with Crippen molar-refractivity contribution in [2.75, 3.05) is 0 Å². The van der Waals surface area contributed by atoms with E-state index in [0.29, 0.717) is 18.1 Å². The summed E-state index contributed by atoms with van der Waals surface area (Å²) < 4.78 is 27.5. The number of alkyl halides is 2. The van der Waals surface area contributed by atoms with Crippen molar-refractivity contribution < 1.29 is 13.6 Å². The maximum Gasteiger partial charge on any atom is 0.248 e. The molecule has 2 aliphatic rings. The van der Waals surface area contributed by atoms with Gasteiger partial charge in [0.2, 0.25) is 11.8 Å². The van der Waals surface area contributed by atoms with Crippen LogP contribution in [0.1, 0.15) is 57.1 Å². The number of carbonyl (C=O) groups excluding carboxylic acids is 1. The number of hydrogen-bond donors (Lipinski definition) is 1. The maximum atomic E-state index is 13.2. The Kier molecular flexibility index (Phi) is 5.80. The van der Waals surface area contributed by atoms with Gasteiger partial charge in [0, 0.05) is 41.1 Å². The predicted octanol–water partition coefficient (Wildman–Crippen LogP) is 4.80. The summed E-state index contributed by atoms with van der Waals surface area (Å²) >= 11 is 3.54. The number of hydrogen-bond acceptors (Lipinski definition) is 4. The fourth-order valence-corrected chi connectivity index (χ4v) is 5.76. The number of nitrogens with zero attached hydrogens (tertiary/aromatic N) is 1. The number of aryl methyl sites for hydroxylation is 1. The van der Waals surface area contributed by atoms with E-state index in [0.717, 1.165) is 35.7 Å². The molecule has 0 aromatic carbocycles. The first kappa shape index (κ1) is 18.1. The molecule has 0 saturated heterocycles. The zero-order valence-corrected chi connectivity index (χ0v) is 15.5. The molecular formula is C17H24F2N2OS2. The molecule has 0 bridgehead atoms. The molecule has 0 radical (unpaired) electrons. The van der Waals surface area contributed by atoms with Crippen molar-refractivity contribution in [2.24, 2.45) is 5.92 Å². The zero-order valence-electron chi connectivity index (χ0n) is 13.9. The lowest BCUT2D eigenvalue weighted by Crippen LogP contribution is -2.43. The van der Waals surface area contributed by atoms with Crippen molar-refractivity contribution in [1.29, 1.82) is 0 Å². The Balaban J connectivity index is 1.40. The lowest BCUT2D eigenvalue weighted by atomic mass is 9.85. The molecule has 1 N–H and O–H groups in total. The molecule has 0 spiro atoms. The third-order valence-corrected chi connectivity index (χ3v) is 7.40. The van der Waals surface area contributed by atoms with Gasteiger partial charge in [-0.25, -0.2) is 13.8 Å². The molecule has 1 amide bonds. The smallest absolute Gasteiger partial charge is 0.248 e. The molecule has 1 aromatic heterocycles. The quantitative estimate of drug-likeness (QED) is 0.823. The van der Waals surface area contributed by atoms with Crippen LogP contribution in [-0.4, -0.2) is 28.1 Å². The summed E-state index contributed by atoms with van der Waals surface area (Å²) in [4.78, 5) is 16.8. The first-order valence-corrected chi connectivity index (χ1v) is 10.4. The van der Waals surface area contributed by atoms with Crippen LogP contribution in [0.4, 0.5) is 8.78 Å². The molecule has 3 nitrogen and oxygen atoms in total. The number of rotatable bonds is 4. The lowest BCUT2D eigenvalue weighted by Gasteiger charge is -2.31. The average molecular weight is 375 g/mol. The summed E-state index contributed by atoms with van der Waals surface area (Å²) in [7, 11) is 0. The van der Waals surface area contributed by atoms with E-state index in [4.69, 9.17) is 0 Å². The maximum absolute atomic E-state index is 13.2. The van der Waals surface area contributed by atoms with Crippen LogP contribution < -0.4 is 5.32 Å². The monoisotopic (exact) mass is 374 g/mol. The number of thioether (sulfide) groups is 1. The molecule has 2 saturated carbocycles. The molecule has 2 fully saturated rings. The Labute approximate surface area is 150 Å². The lowest BCUT2D eigenvalue weighted by molar-refractivity contribution is -0.130. The van der Waals surface area contributed by atoms with Gasteiger partial charge in [0.15, 0.2) is 0 Å². The van der Waals surface area contributed by atoms with Crippen molar-refractivity contribution in [3.05, 3.63) is 11.1 Å². The van der Waals surface area contributed by atoms with Crippen molar-refractivity contribution >= 4 is 29.0 Å². The van der Waals surface area contributed by atoms with Crippen LogP contribution in [0.15, 0.2) is 9.72 Å². The van der Waals surface area contributed by atoms with Crippen LogP contribution in [0, 0.1) is 12.8 Å². The molecule has 7 heteroatoms. The van der Waals surface area contributed by atoms with Crippen LogP contribution in [0.25, 0.3) is 0 Å². The fourth-order valence-electron chi connectivity index (χ4n) is 3.48. The predicted molar refractivity (Wildman–Crippen MR) is 93.8 cm³/mol. The van der Waals surface area contributed by atoms with Crippen LogP contribution >= 0.6 is 23.1 Å². The highest BCUT2D eigenvalue weighted by Gasteiger charge is 2.38. The number of thiazole rings is 1. The summed E-state index contributed by atoms with van der Waals surface area (Å²) in [5.41, 5.74) is 1.07. The largest absolute Gasteiger partial charge is 0.353 e. The standard InChI is InChI=1S/C17H24F2N2OS2/c1-11-10-23-16(20-11)24-14-4-2-13(3-5-14)21-15(22)12-6-8-17(18,19)9-7-12/h10,12-14H,2-9H2,1H3,(H,21,22). The third-order valence-electron chi connectivity index (χ3n) is 4.97. The molecule has 0 unspecified atom stereocenters. The van der Waals surface area contributed by atoms with Gasteiger partial charge in [0.05, 0.1) is 0 Å². The van der Waals surface area contributed by atoms with E-state index in [1.165, 1.54) is 0 Å². The Morgan fingerprint density at radius 3 is 2.50 bits per heavy atom. The highest BCUT2D eigenvalue weighted by Crippen LogP contribution is 2.37. The summed E-state index contributed by atoms with van der Waals surface area (Å²) in [6.07, 6.45) is 4.39. The Morgan fingerprint density at radius 1 is 1.25 bits per heavy atom. The van der Waals surface area contributed by atoms with E-state index in [1.807, 2.05) is 18.7 Å². The van der Waals surface area contributed by atoms with Crippen molar-refractivity contribution in [3.63, 3.8) is 0 Å². The SMILES string of the molecule is Cc1csc(SC2CCC(NC(=O)C3CCC(F)(F)CC3)CC2)n1. The van der Waals surface area contributed by atoms with E-state index in [1.54, 1.807) is 11.3 Å². The van der Waals surface area contributed by atoms with E-state index in [9.17, 15) is 13.6 Å². The molecular weight excluding hydrogens is 350 g/mol. The van der Waals surface area contributed by atoms with Crippen LogP contribution in [0.3, 0.4) is 0 Å². The van der Waals surface area contributed by atoms with Gasteiger partial charge in [-0.05, 0) is 45.4 Å². The Hall–Kier alpha value is -0.690. The van der Waals surface area contributed by atoms with Gasteiger partial charge in [-0.3, -0.25) is 4.79 Å². The Morgan fingerprint density at radius 2 is 1.92 bits per heavy atom. The Bertz CT molecular complexity index is 561. The minimum absolute atomic E-state index is 0.0165. The first-order valence-electron chi connectivity index (χ1n) is 8.68. The van der Waals surface area contributed by atoms with Gasteiger partial charge in [0.25, 0.3) is 0 Å². The third kappa shape index (κ3) is 4.91. The van der Waals surface area contributed by atoms with Crippen molar-refractivity contribution in [3.8, 4) is 0 Å². The molecule has 1 heterocycles. The number of carbonyl (C=O) groups is 1. The van der Waals surface area contributed by atoms with Gasteiger partial charge in [0.1, 0.15) is 4.34 Å². The van der Waals surface area contributed by atoms with Gasteiger partial charge >= 0.3 is 0 Å². The number of nitrogens with one attached hydrogen (secondary N) is 1. The van der Waals surface area contributed by atoms with Gasteiger partial charge < -0.3 is 5.32 Å². The minimum atomic E-state index is -2.57. The summed E-state index contributed by atoms with van der Waals surface area (Å²) in [6, 6.07) is 0.204. The van der Waals surface area contributed by atoms with E-state index < -0.39 is 5.92 Å². The number of halogens is 2. The second-order valence-electron chi connectivity index (χ2n) is 6.99. The topological polar surface area (TPSA) is 42.0 Å². The van der Waals surface area contributed by atoms with Gasteiger partial charge in [-0.15, -0.1) is 11.3 Å². The first-order chi connectivity index (χ1) is 11.4. The number of aromatic nitrogens is 1. The fraction of sp³-hybridized carbons (Fsp3) is 0.765. The summed E-state index contributed by atoms with van der Waals surface area (Å²) in [6.45, 7) is 2.01. The van der Waals surface area contributed by atoms with E-state index in [-0.39, 0.29) is 30.7 Å². The summed E-state index contributed by atoms with van der Waals surface area (Å²) in [5, 5.41) is 5.74. The highest BCUT2D eigenvalue weighted by atomic mass is 32.2. The van der Waals surface area contributed by atoms with Gasteiger partial charge in [-0.1, -0.05) is 11.8 Å². The van der Waals surface area contributed by atoms with Crippen molar-refractivity contribution in [2.45, 2.75) is 79.8 Å². The van der Waals surface area contributed by atoms with Crippen LogP contribution in [0.5, 0.6) is 0 Å². The van der Waals surface area contributed by atoms with Gasteiger partial charge in [-0.2, -0.15) is 0 Å². The molecule has 2 aliphatic carbocycles. The second kappa shape index (κ2) is 7.68. The van der Waals surface area contributed by atoms with E-state index >= 15 is 0 Å². The average Bonchev–Trinajstić information content (AvgIpc) is 2.94. The normalized spacial score (nSPS) is 27.8. The van der Waals surface area contributed by atoms with Crippen LogP contribution in [-0.2, 0) is 4.79 Å². The van der Waals surface area contributed by atoms with E-state index in [2.05, 4.69) is 15.7 Å². The molecule has 0 aliphatic heterocycles. The van der Waals surface area contributed by atoms with Crippen molar-refractivity contribution in [1.82, 2.24) is 10.3 Å². The van der Waals surface area contributed by atoms with Crippen LogP contribution in [0.2, 0.25) is 0 Å². The zero-order chi connectivity index (χ0) is 17.2. The summed E-state index contributed by atoms with van der Waals surface area (Å²) in [5.74, 6) is -2.81. The molecule has 1 aromatic rings. The second-order valence-corrected chi connectivity index (χ2v) is 9.39. The molecule has 0 atom stereocenters. The molecule has 24 heavy (non-hydrogen) atoms. The molecule has 134 valence electrons.